The van der Waals surface area contributed by atoms with Crippen LogP contribution in [-0.2, 0) is 0 Å². The minimum atomic E-state index is 0.193. The van der Waals surface area contributed by atoms with Crippen LogP contribution in [0.3, 0.4) is 0 Å². The summed E-state index contributed by atoms with van der Waals surface area (Å²) in [6.45, 7) is 0.238. The number of methoxy groups -OCH3 is 1. The Labute approximate surface area is 125 Å². The molecule has 0 unspecified atom stereocenters. The van der Waals surface area contributed by atoms with Crippen LogP contribution in [0.25, 0.3) is 0 Å². The van der Waals surface area contributed by atoms with E-state index >= 15 is 0 Å². The molecular formula is C17H22N2O2. The highest BCUT2D eigenvalue weighted by molar-refractivity contribution is 5.48. The molecule has 0 spiro atoms. The van der Waals surface area contributed by atoms with Gasteiger partial charge >= 0.3 is 0 Å². The summed E-state index contributed by atoms with van der Waals surface area (Å²) in [6, 6.07) is 12.1. The molecule has 1 atom stereocenters. The van der Waals surface area contributed by atoms with Crippen LogP contribution in [0.2, 0.25) is 0 Å². The van der Waals surface area contributed by atoms with E-state index in [1.807, 2.05) is 36.5 Å². The summed E-state index contributed by atoms with van der Waals surface area (Å²) in [5.41, 5.74) is 2.21. The molecule has 21 heavy (non-hydrogen) atoms. The number of aliphatic hydroxyl groups is 1. The van der Waals surface area contributed by atoms with Crippen molar-refractivity contribution in [2.75, 3.05) is 19.0 Å². The lowest BCUT2D eigenvalue weighted by molar-refractivity contribution is 0.282. The smallest absolute Gasteiger partial charge is 0.119 e. The van der Waals surface area contributed by atoms with Gasteiger partial charge in [0.05, 0.1) is 13.2 Å². The van der Waals surface area contributed by atoms with E-state index in [4.69, 9.17) is 9.84 Å². The standard InChI is InChI=1S/C17H22N2O2/c1-21-16-9-7-15(8-10-16)19-17(6-2-3-12-20)14-5-4-11-18-13-14/h4-5,7-11,13,17,19-20H,2-3,6,12H2,1H3/t17-/m0/s1. The number of ether oxygens (including phenoxy) is 1. The first kappa shape index (κ1) is 15.3. The van der Waals surface area contributed by atoms with Gasteiger partial charge in [0.15, 0.2) is 0 Å². The minimum absolute atomic E-state index is 0.193. The van der Waals surface area contributed by atoms with Crippen LogP contribution in [0.5, 0.6) is 5.75 Å². The van der Waals surface area contributed by atoms with Crippen LogP contribution in [0.15, 0.2) is 48.8 Å². The maximum absolute atomic E-state index is 8.95. The van der Waals surface area contributed by atoms with Crippen LogP contribution in [0, 0.1) is 0 Å². The van der Waals surface area contributed by atoms with Gasteiger partial charge in [0, 0.05) is 24.7 Å². The van der Waals surface area contributed by atoms with E-state index in [0.29, 0.717) is 0 Å². The number of unbranched alkanes of at least 4 members (excludes halogenated alkanes) is 1. The zero-order valence-electron chi connectivity index (χ0n) is 12.3. The zero-order valence-corrected chi connectivity index (χ0v) is 12.3. The van der Waals surface area contributed by atoms with Crippen molar-refractivity contribution < 1.29 is 9.84 Å². The normalized spacial score (nSPS) is 11.9. The largest absolute Gasteiger partial charge is 0.497 e. The van der Waals surface area contributed by atoms with Gasteiger partial charge in [0.1, 0.15) is 5.75 Å². The molecular weight excluding hydrogens is 264 g/mol. The summed E-state index contributed by atoms with van der Waals surface area (Å²) in [7, 11) is 1.66. The Morgan fingerprint density at radius 1 is 1.19 bits per heavy atom. The lowest BCUT2D eigenvalue weighted by Crippen LogP contribution is -2.11. The summed E-state index contributed by atoms with van der Waals surface area (Å²) in [5, 5.41) is 12.5. The highest BCUT2D eigenvalue weighted by Gasteiger charge is 2.11. The molecule has 0 saturated heterocycles. The fraction of sp³-hybridized carbons (Fsp3) is 0.353. The fourth-order valence-electron chi connectivity index (χ4n) is 2.25. The molecule has 0 bridgehead atoms. The van der Waals surface area contributed by atoms with Gasteiger partial charge < -0.3 is 15.2 Å². The molecule has 0 aliphatic heterocycles. The summed E-state index contributed by atoms with van der Waals surface area (Å²) >= 11 is 0. The molecule has 4 heteroatoms. The molecule has 0 aliphatic rings. The predicted molar refractivity (Wildman–Crippen MR) is 84.5 cm³/mol. The summed E-state index contributed by atoms with van der Waals surface area (Å²) < 4.78 is 5.17. The summed E-state index contributed by atoms with van der Waals surface area (Å²) in [6.07, 6.45) is 6.42. The second-order valence-electron chi connectivity index (χ2n) is 4.93. The lowest BCUT2D eigenvalue weighted by Gasteiger charge is -2.20. The quantitative estimate of drug-likeness (QED) is 0.730. The Kier molecular flexibility index (Phi) is 6.03. The van der Waals surface area contributed by atoms with E-state index in [1.54, 1.807) is 13.3 Å². The molecule has 2 rings (SSSR count). The van der Waals surface area contributed by atoms with Gasteiger partial charge in [-0.2, -0.15) is 0 Å². The number of rotatable bonds is 8. The molecule has 2 aromatic rings. The Hall–Kier alpha value is -2.07. The van der Waals surface area contributed by atoms with Crippen molar-refractivity contribution >= 4 is 5.69 Å². The van der Waals surface area contributed by atoms with E-state index in [1.165, 1.54) is 0 Å². The van der Waals surface area contributed by atoms with Crippen LogP contribution in [-0.4, -0.2) is 23.8 Å². The third kappa shape index (κ3) is 4.76. The lowest BCUT2D eigenvalue weighted by atomic mass is 10.0. The predicted octanol–water partition coefficient (Wildman–Crippen LogP) is 3.41. The number of nitrogens with one attached hydrogen (secondary N) is 1. The Morgan fingerprint density at radius 2 is 2.00 bits per heavy atom. The van der Waals surface area contributed by atoms with Crippen molar-refractivity contribution in [1.82, 2.24) is 4.98 Å². The number of nitrogens with zero attached hydrogens (tertiary/aromatic N) is 1. The third-order valence-electron chi connectivity index (χ3n) is 3.42. The van der Waals surface area contributed by atoms with Gasteiger partial charge in [-0.25, -0.2) is 0 Å². The number of anilines is 1. The minimum Gasteiger partial charge on any atom is -0.497 e. The molecule has 0 saturated carbocycles. The highest BCUT2D eigenvalue weighted by Crippen LogP contribution is 2.25. The maximum Gasteiger partial charge on any atom is 0.119 e. The third-order valence-corrected chi connectivity index (χ3v) is 3.42. The second-order valence-corrected chi connectivity index (χ2v) is 4.93. The molecule has 1 aromatic heterocycles. The molecule has 1 heterocycles. The van der Waals surface area contributed by atoms with E-state index in [0.717, 1.165) is 36.3 Å². The highest BCUT2D eigenvalue weighted by atomic mass is 16.5. The van der Waals surface area contributed by atoms with Crippen molar-refractivity contribution in [3.63, 3.8) is 0 Å². The topological polar surface area (TPSA) is 54.4 Å². The number of aliphatic hydroxyl groups excluding tert-OH is 1. The molecule has 2 N–H and O–H groups in total. The monoisotopic (exact) mass is 286 g/mol. The van der Waals surface area contributed by atoms with E-state index < -0.39 is 0 Å². The number of aromatic nitrogens is 1. The van der Waals surface area contributed by atoms with E-state index in [2.05, 4.69) is 16.4 Å². The molecule has 0 fully saturated rings. The number of hydrogen-bond donors (Lipinski definition) is 2. The first-order valence-electron chi connectivity index (χ1n) is 7.25. The molecule has 1 aromatic carbocycles. The molecule has 0 radical (unpaired) electrons. The zero-order chi connectivity index (χ0) is 14.9. The fourth-order valence-corrected chi connectivity index (χ4v) is 2.25. The van der Waals surface area contributed by atoms with Gasteiger partial charge in [-0.15, -0.1) is 0 Å². The summed E-state index contributed by atoms with van der Waals surface area (Å²) in [4.78, 5) is 4.19. The van der Waals surface area contributed by atoms with E-state index in [-0.39, 0.29) is 12.6 Å². The number of hydrogen-bond acceptors (Lipinski definition) is 4. The van der Waals surface area contributed by atoms with Gasteiger partial charge in [0.25, 0.3) is 0 Å². The first-order valence-corrected chi connectivity index (χ1v) is 7.25. The van der Waals surface area contributed by atoms with Gasteiger partial charge in [-0.3, -0.25) is 4.98 Å². The second kappa shape index (κ2) is 8.27. The SMILES string of the molecule is COc1ccc(N[C@@H](CCCCO)c2cccnc2)cc1. The number of benzene rings is 1. The molecule has 0 aliphatic carbocycles. The maximum atomic E-state index is 8.95. The Balaban J connectivity index is 2.07. The van der Waals surface area contributed by atoms with Gasteiger partial charge in [0.2, 0.25) is 0 Å². The number of pyridine rings is 1. The van der Waals surface area contributed by atoms with Crippen molar-refractivity contribution in [3.05, 3.63) is 54.4 Å². The van der Waals surface area contributed by atoms with Crippen molar-refractivity contribution in [2.45, 2.75) is 25.3 Å². The van der Waals surface area contributed by atoms with Gasteiger partial charge in [-0.1, -0.05) is 6.07 Å². The Morgan fingerprint density at radius 3 is 2.62 bits per heavy atom. The van der Waals surface area contributed by atoms with Crippen molar-refractivity contribution in [2.24, 2.45) is 0 Å². The summed E-state index contributed by atoms with van der Waals surface area (Å²) in [5.74, 6) is 0.846. The molecule has 4 nitrogen and oxygen atoms in total. The molecule has 112 valence electrons. The van der Waals surface area contributed by atoms with Crippen LogP contribution in [0.1, 0.15) is 30.9 Å². The van der Waals surface area contributed by atoms with E-state index in [9.17, 15) is 0 Å². The van der Waals surface area contributed by atoms with Crippen molar-refractivity contribution in [3.8, 4) is 5.75 Å². The van der Waals surface area contributed by atoms with Crippen LogP contribution < -0.4 is 10.1 Å². The Bertz CT molecular complexity index is 514. The molecule has 0 amide bonds. The van der Waals surface area contributed by atoms with Crippen molar-refractivity contribution in [1.29, 1.82) is 0 Å². The van der Waals surface area contributed by atoms with Crippen LogP contribution >= 0.6 is 0 Å². The van der Waals surface area contributed by atoms with Crippen LogP contribution in [0.4, 0.5) is 5.69 Å². The van der Waals surface area contributed by atoms with Gasteiger partial charge in [-0.05, 0) is 55.2 Å². The average Bonchev–Trinajstić information content (AvgIpc) is 2.55. The first-order chi connectivity index (χ1) is 10.3. The average molecular weight is 286 g/mol.